The van der Waals surface area contributed by atoms with E-state index in [9.17, 15) is 9.59 Å². The van der Waals surface area contributed by atoms with Gasteiger partial charge in [0.1, 0.15) is 17.0 Å². The maximum absolute atomic E-state index is 12.3. The third-order valence-corrected chi connectivity index (χ3v) is 4.47. The number of hydrogen-bond acceptors (Lipinski definition) is 4. The molecule has 6 heteroatoms. The zero-order chi connectivity index (χ0) is 17.9. The second-order valence-electron chi connectivity index (χ2n) is 6.47. The summed E-state index contributed by atoms with van der Waals surface area (Å²) in [6.45, 7) is -0.0984. The Balaban J connectivity index is 1.40. The fourth-order valence-corrected chi connectivity index (χ4v) is 2.98. The first-order valence-electron chi connectivity index (χ1n) is 8.68. The minimum atomic E-state index is -0.368. The minimum absolute atomic E-state index is 0.0984. The predicted molar refractivity (Wildman–Crippen MR) is 96.4 cm³/mol. The van der Waals surface area contributed by atoms with Gasteiger partial charge in [0, 0.05) is 11.6 Å². The molecule has 0 bridgehead atoms. The van der Waals surface area contributed by atoms with Crippen LogP contribution in [0.1, 0.15) is 35.1 Å². The molecule has 1 aromatic carbocycles. The van der Waals surface area contributed by atoms with Crippen LogP contribution in [-0.2, 0) is 4.79 Å². The van der Waals surface area contributed by atoms with Gasteiger partial charge in [0.15, 0.2) is 0 Å². The van der Waals surface area contributed by atoms with Crippen LogP contribution in [0.5, 0.6) is 0 Å². The Kier molecular flexibility index (Phi) is 4.39. The van der Waals surface area contributed by atoms with E-state index in [2.05, 4.69) is 15.6 Å². The van der Waals surface area contributed by atoms with Gasteiger partial charge in [-0.05, 0) is 43.0 Å². The molecule has 2 amide bonds. The summed E-state index contributed by atoms with van der Waals surface area (Å²) in [7, 11) is 0. The number of nitrogens with zero attached hydrogens (tertiary/aromatic N) is 1. The second-order valence-corrected chi connectivity index (χ2v) is 6.47. The predicted octanol–water partition coefficient (Wildman–Crippen LogP) is 2.83. The van der Waals surface area contributed by atoms with Gasteiger partial charge in [0.2, 0.25) is 5.91 Å². The summed E-state index contributed by atoms with van der Waals surface area (Å²) < 4.78 is 5.92. The Hall–Kier alpha value is -3.15. The lowest BCUT2D eigenvalue weighted by Crippen LogP contribution is -2.39. The topological polar surface area (TPSA) is 84.2 Å². The average Bonchev–Trinajstić information content (AvgIpc) is 3.42. The van der Waals surface area contributed by atoms with Crippen LogP contribution in [0.25, 0.3) is 11.0 Å². The Bertz CT molecular complexity index is 899. The molecule has 1 atom stereocenters. The molecule has 2 N–H and O–H groups in total. The molecule has 2 aromatic heterocycles. The third kappa shape index (κ3) is 3.59. The van der Waals surface area contributed by atoms with Gasteiger partial charge in [-0.25, -0.2) is 0 Å². The smallest absolute Gasteiger partial charge is 0.270 e. The highest BCUT2D eigenvalue weighted by Crippen LogP contribution is 2.42. The molecule has 1 aliphatic rings. The molecular formula is C20H19N3O3. The van der Waals surface area contributed by atoms with E-state index in [-0.39, 0.29) is 30.1 Å². The number of fused-ring (bicyclic) bond motifs is 1. The summed E-state index contributed by atoms with van der Waals surface area (Å²) in [5, 5.41) is 6.61. The maximum atomic E-state index is 12.3. The van der Waals surface area contributed by atoms with E-state index < -0.39 is 0 Å². The highest BCUT2D eigenvalue weighted by atomic mass is 16.3. The molecule has 4 rings (SSSR count). The molecule has 0 spiro atoms. The zero-order valence-electron chi connectivity index (χ0n) is 14.1. The van der Waals surface area contributed by atoms with Crippen molar-refractivity contribution >= 4 is 22.8 Å². The normalized spacial score (nSPS) is 14.8. The number of rotatable bonds is 6. The number of nitrogens with one attached hydrogen (secondary N) is 2. The van der Waals surface area contributed by atoms with Gasteiger partial charge in [-0.3, -0.25) is 14.6 Å². The highest BCUT2D eigenvalue weighted by Gasteiger charge is 2.35. The van der Waals surface area contributed by atoms with Gasteiger partial charge in [-0.15, -0.1) is 0 Å². The average molecular weight is 349 g/mol. The fraction of sp³-hybridized carbons (Fsp3) is 0.250. The number of pyridine rings is 1. The van der Waals surface area contributed by atoms with Crippen LogP contribution < -0.4 is 10.6 Å². The van der Waals surface area contributed by atoms with Crippen LogP contribution in [0.4, 0.5) is 0 Å². The first-order chi connectivity index (χ1) is 12.7. The standard InChI is InChI=1S/C20H19N3O3/c24-18(12-22-20(25)15-6-3-4-10-21-15)23-19(13-8-9-13)17-11-14-5-1-2-7-16(14)26-17/h1-7,10-11,13,19H,8-9,12H2,(H,22,25)(H,23,24). The molecule has 0 radical (unpaired) electrons. The first kappa shape index (κ1) is 16.3. The van der Waals surface area contributed by atoms with E-state index in [0.29, 0.717) is 5.92 Å². The number of amides is 2. The number of hydrogen-bond donors (Lipinski definition) is 2. The van der Waals surface area contributed by atoms with Crippen LogP contribution in [0, 0.1) is 5.92 Å². The molecule has 0 aliphatic heterocycles. The number of carbonyl (C=O) groups is 2. The number of furan rings is 1. The van der Waals surface area contributed by atoms with E-state index >= 15 is 0 Å². The second kappa shape index (κ2) is 7.00. The first-order valence-corrected chi connectivity index (χ1v) is 8.68. The van der Waals surface area contributed by atoms with E-state index in [1.54, 1.807) is 24.4 Å². The lowest BCUT2D eigenvalue weighted by molar-refractivity contribution is -0.121. The van der Waals surface area contributed by atoms with Crippen molar-refractivity contribution in [2.45, 2.75) is 18.9 Å². The number of para-hydroxylation sites is 1. The van der Waals surface area contributed by atoms with E-state index in [0.717, 1.165) is 29.6 Å². The molecule has 26 heavy (non-hydrogen) atoms. The van der Waals surface area contributed by atoms with Gasteiger partial charge in [-0.2, -0.15) is 0 Å². The quantitative estimate of drug-likeness (QED) is 0.717. The van der Waals surface area contributed by atoms with Crippen molar-refractivity contribution < 1.29 is 14.0 Å². The Morgan fingerprint density at radius 1 is 1.15 bits per heavy atom. The number of aromatic nitrogens is 1. The van der Waals surface area contributed by atoms with Crippen LogP contribution in [0.2, 0.25) is 0 Å². The van der Waals surface area contributed by atoms with Crippen LogP contribution >= 0.6 is 0 Å². The molecule has 1 unspecified atom stereocenters. The summed E-state index contributed by atoms with van der Waals surface area (Å²) in [4.78, 5) is 28.3. The molecular weight excluding hydrogens is 330 g/mol. The molecule has 6 nitrogen and oxygen atoms in total. The largest absolute Gasteiger partial charge is 0.459 e. The van der Waals surface area contributed by atoms with Crippen molar-refractivity contribution in [1.29, 1.82) is 0 Å². The molecule has 1 fully saturated rings. The summed E-state index contributed by atoms with van der Waals surface area (Å²) in [6, 6.07) is 14.7. The molecule has 2 heterocycles. The third-order valence-electron chi connectivity index (χ3n) is 4.47. The Morgan fingerprint density at radius 3 is 2.69 bits per heavy atom. The zero-order valence-corrected chi connectivity index (χ0v) is 14.1. The van der Waals surface area contributed by atoms with Crippen molar-refractivity contribution in [2.24, 2.45) is 5.92 Å². The van der Waals surface area contributed by atoms with E-state index in [1.165, 1.54) is 0 Å². The monoisotopic (exact) mass is 349 g/mol. The minimum Gasteiger partial charge on any atom is -0.459 e. The fourth-order valence-electron chi connectivity index (χ4n) is 2.98. The molecule has 3 aromatic rings. The summed E-state index contributed by atoms with van der Waals surface area (Å²) >= 11 is 0. The SMILES string of the molecule is O=C(CNC(=O)c1ccccn1)NC(c1cc2ccccc2o1)C1CC1. The van der Waals surface area contributed by atoms with Crippen molar-refractivity contribution in [1.82, 2.24) is 15.6 Å². The van der Waals surface area contributed by atoms with Crippen LogP contribution in [0.15, 0.2) is 59.1 Å². The molecule has 1 aliphatic carbocycles. The lowest BCUT2D eigenvalue weighted by Gasteiger charge is -2.16. The lowest BCUT2D eigenvalue weighted by atomic mass is 10.1. The van der Waals surface area contributed by atoms with Gasteiger partial charge in [-0.1, -0.05) is 24.3 Å². The van der Waals surface area contributed by atoms with Gasteiger partial charge < -0.3 is 15.1 Å². The highest BCUT2D eigenvalue weighted by molar-refractivity contribution is 5.94. The Morgan fingerprint density at radius 2 is 1.96 bits per heavy atom. The molecule has 0 saturated heterocycles. The summed E-state index contributed by atoms with van der Waals surface area (Å²) in [6.07, 6.45) is 3.66. The number of benzene rings is 1. The van der Waals surface area contributed by atoms with Gasteiger partial charge >= 0.3 is 0 Å². The van der Waals surface area contributed by atoms with Crippen molar-refractivity contribution in [3.8, 4) is 0 Å². The summed E-state index contributed by atoms with van der Waals surface area (Å²) in [5.74, 6) is 0.531. The molecule has 132 valence electrons. The van der Waals surface area contributed by atoms with Crippen molar-refractivity contribution in [3.63, 3.8) is 0 Å². The van der Waals surface area contributed by atoms with Gasteiger partial charge in [0.25, 0.3) is 5.91 Å². The van der Waals surface area contributed by atoms with Crippen molar-refractivity contribution in [3.05, 3.63) is 66.2 Å². The van der Waals surface area contributed by atoms with Crippen LogP contribution in [-0.4, -0.2) is 23.3 Å². The van der Waals surface area contributed by atoms with E-state index in [1.807, 2.05) is 30.3 Å². The van der Waals surface area contributed by atoms with Gasteiger partial charge in [0.05, 0.1) is 12.6 Å². The van der Waals surface area contributed by atoms with E-state index in [4.69, 9.17) is 4.42 Å². The molecule has 1 saturated carbocycles. The summed E-state index contributed by atoms with van der Waals surface area (Å²) in [5.41, 5.74) is 1.10. The number of carbonyl (C=O) groups excluding carboxylic acids is 2. The Labute approximate surface area is 150 Å². The maximum Gasteiger partial charge on any atom is 0.270 e. The van der Waals surface area contributed by atoms with Crippen molar-refractivity contribution in [2.75, 3.05) is 6.54 Å². The van der Waals surface area contributed by atoms with Crippen LogP contribution in [0.3, 0.4) is 0 Å².